The third-order valence-electron chi connectivity index (χ3n) is 3.77. The van der Waals surface area contributed by atoms with E-state index in [0.717, 1.165) is 12.2 Å². The Morgan fingerprint density at radius 3 is 3.00 bits per heavy atom. The SMILES string of the molecule is c1ccc2c(c1)CC2c1noc(CNC2CC2)n1. The van der Waals surface area contributed by atoms with Gasteiger partial charge in [-0.05, 0) is 30.4 Å². The zero-order valence-corrected chi connectivity index (χ0v) is 10.1. The Morgan fingerprint density at radius 2 is 2.17 bits per heavy atom. The van der Waals surface area contributed by atoms with Gasteiger partial charge in [-0.25, -0.2) is 0 Å². The Morgan fingerprint density at radius 1 is 1.28 bits per heavy atom. The van der Waals surface area contributed by atoms with Crippen LogP contribution in [0, 0.1) is 0 Å². The van der Waals surface area contributed by atoms with Gasteiger partial charge in [0, 0.05) is 6.04 Å². The number of fused-ring (bicyclic) bond motifs is 1. The lowest BCUT2D eigenvalue weighted by Crippen LogP contribution is -2.19. The molecule has 0 bridgehead atoms. The third kappa shape index (κ3) is 1.73. The second-order valence-corrected chi connectivity index (χ2v) is 5.16. The third-order valence-corrected chi connectivity index (χ3v) is 3.77. The van der Waals surface area contributed by atoms with E-state index in [9.17, 15) is 0 Å². The van der Waals surface area contributed by atoms with Crippen LogP contribution in [0.1, 0.15) is 41.6 Å². The Balaban J connectivity index is 1.49. The average Bonchev–Trinajstić information content (AvgIpc) is 3.08. The molecule has 0 radical (unpaired) electrons. The van der Waals surface area contributed by atoms with Crippen molar-refractivity contribution in [3.8, 4) is 0 Å². The molecule has 4 nitrogen and oxygen atoms in total. The highest BCUT2D eigenvalue weighted by molar-refractivity contribution is 5.43. The molecule has 0 saturated heterocycles. The summed E-state index contributed by atoms with van der Waals surface area (Å²) in [6.07, 6.45) is 3.58. The van der Waals surface area contributed by atoms with Gasteiger partial charge in [-0.1, -0.05) is 29.4 Å². The molecule has 2 aromatic rings. The Bertz CT molecular complexity index is 574. The molecule has 0 amide bonds. The molecule has 2 aliphatic carbocycles. The number of hydrogen-bond donors (Lipinski definition) is 1. The van der Waals surface area contributed by atoms with Crippen molar-refractivity contribution >= 4 is 0 Å². The number of aromatic nitrogens is 2. The topological polar surface area (TPSA) is 51.0 Å². The minimum absolute atomic E-state index is 0.333. The highest BCUT2D eigenvalue weighted by Crippen LogP contribution is 2.38. The van der Waals surface area contributed by atoms with E-state index in [0.29, 0.717) is 24.4 Å². The van der Waals surface area contributed by atoms with Crippen molar-refractivity contribution in [2.75, 3.05) is 0 Å². The summed E-state index contributed by atoms with van der Waals surface area (Å²) in [5.74, 6) is 1.88. The standard InChI is InChI=1S/C14H15N3O/c1-2-4-11-9(3-1)7-12(11)14-16-13(18-17-14)8-15-10-5-6-10/h1-4,10,12,15H,5-8H2. The average molecular weight is 241 g/mol. The van der Waals surface area contributed by atoms with Gasteiger partial charge < -0.3 is 9.84 Å². The van der Waals surface area contributed by atoms with Crippen LogP contribution in [0.4, 0.5) is 0 Å². The molecule has 2 aliphatic rings. The number of benzene rings is 1. The van der Waals surface area contributed by atoms with E-state index in [1.54, 1.807) is 0 Å². The Hall–Kier alpha value is -1.68. The maximum Gasteiger partial charge on any atom is 0.240 e. The largest absolute Gasteiger partial charge is 0.338 e. The number of nitrogens with one attached hydrogen (secondary N) is 1. The van der Waals surface area contributed by atoms with Crippen LogP contribution in [0.15, 0.2) is 28.8 Å². The van der Waals surface area contributed by atoms with E-state index in [-0.39, 0.29) is 0 Å². The summed E-state index contributed by atoms with van der Waals surface area (Å²) >= 11 is 0. The Kier molecular flexibility index (Phi) is 2.23. The molecule has 0 aliphatic heterocycles. The highest BCUT2D eigenvalue weighted by atomic mass is 16.5. The summed E-state index contributed by atoms with van der Waals surface area (Å²) in [7, 11) is 0. The summed E-state index contributed by atoms with van der Waals surface area (Å²) in [5.41, 5.74) is 2.75. The first-order chi connectivity index (χ1) is 8.90. The lowest BCUT2D eigenvalue weighted by molar-refractivity contribution is 0.360. The van der Waals surface area contributed by atoms with E-state index in [2.05, 4.69) is 39.7 Å². The van der Waals surface area contributed by atoms with E-state index < -0.39 is 0 Å². The molecule has 1 atom stereocenters. The fourth-order valence-corrected chi connectivity index (χ4v) is 2.49. The zero-order chi connectivity index (χ0) is 11.9. The second-order valence-electron chi connectivity index (χ2n) is 5.16. The van der Waals surface area contributed by atoms with Gasteiger partial charge in [-0.2, -0.15) is 4.98 Å². The predicted octanol–water partition coefficient (Wildman–Crippen LogP) is 2.01. The fraction of sp³-hybridized carbons (Fsp3) is 0.429. The van der Waals surface area contributed by atoms with Crippen LogP contribution in [0.2, 0.25) is 0 Å². The van der Waals surface area contributed by atoms with Crippen LogP contribution >= 0.6 is 0 Å². The molecular weight excluding hydrogens is 226 g/mol. The molecular formula is C14H15N3O. The van der Waals surface area contributed by atoms with Gasteiger partial charge in [0.2, 0.25) is 5.89 Å². The van der Waals surface area contributed by atoms with Crippen LogP contribution in [-0.2, 0) is 13.0 Å². The summed E-state index contributed by atoms with van der Waals surface area (Å²) in [4.78, 5) is 4.49. The van der Waals surface area contributed by atoms with Crippen LogP contribution in [0.3, 0.4) is 0 Å². The van der Waals surface area contributed by atoms with Crippen molar-refractivity contribution in [3.05, 3.63) is 47.1 Å². The van der Waals surface area contributed by atoms with Crippen molar-refractivity contribution < 1.29 is 4.52 Å². The monoisotopic (exact) mass is 241 g/mol. The zero-order valence-electron chi connectivity index (χ0n) is 10.1. The first kappa shape index (κ1) is 10.3. The van der Waals surface area contributed by atoms with Gasteiger partial charge in [-0.15, -0.1) is 0 Å². The van der Waals surface area contributed by atoms with Crippen LogP contribution in [0.5, 0.6) is 0 Å². The molecule has 1 saturated carbocycles. The summed E-state index contributed by atoms with van der Waals surface area (Å²) in [5, 5.41) is 7.49. The van der Waals surface area contributed by atoms with Crippen molar-refractivity contribution in [3.63, 3.8) is 0 Å². The maximum absolute atomic E-state index is 5.29. The van der Waals surface area contributed by atoms with E-state index >= 15 is 0 Å². The molecule has 4 rings (SSSR count). The molecule has 1 N–H and O–H groups in total. The first-order valence-corrected chi connectivity index (χ1v) is 6.54. The molecule has 92 valence electrons. The minimum atomic E-state index is 0.333. The molecule has 0 spiro atoms. The predicted molar refractivity (Wildman–Crippen MR) is 66.1 cm³/mol. The van der Waals surface area contributed by atoms with E-state index in [4.69, 9.17) is 4.52 Å². The smallest absolute Gasteiger partial charge is 0.240 e. The highest BCUT2D eigenvalue weighted by Gasteiger charge is 2.31. The van der Waals surface area contributed by atoms with Crippen molar-refractivity contribution in [1.82, 2.24) is 15.5 Å². The van der Waals surface area contributed by atoms with Gasteiger partial charge in [0.1, 0.15) is 0 Å². The molecule has 18 heavy (non-hydrogen) atoms. The van der Waals surface area contributed by atoms with Crippen LogP contribution in [-0.4, -0.2) is 16.2 Å². The lowest BCUT2D eigenvalue weighted by Gasteiger charge is -2.27. The van der Waals surface area contributed by atoms with E-state index in [1.807, 2.05) is 0 Å². The molecule has 1 aromatic carbocycles. The van der Waals surface area contributed by atoms with Gasteiger partial charge >= 0.3 is 0 Å². The van der Waals surface area contributed by atoms with Crippen molar-refractivity contribution in [2.45, 2.75) is 37.8 Å². The minimum Gasteiger partial charge on any atom is -0.338 e. The summed E-state index contributed by atoms with van der Waals surface area (Å²) < 4.78 is 5.29. The maximum atomic E-state index is 5.29. The lowest BCUT2D eigenvalue weighted by atomic mass is 9.77. The molecule has 1 unspecified atom stereocenters. The quantitative estimate of drug-likeness (QED) is 0.889. The van der Waals surface area contributed by atoms with Gasteiger partial charge in [0.25, 0.3) is 0 Å². The van der Waals surface area contributed by atoms with Crippen molar-refractivity contribution in [2.24, 2.45) is 0 Å². The number of hydrogen-bond acceptors (Lipinski definition) is 4. The molecule has 4 heteroatoms. The van der Waals surface area contributed by atoms with Gasteiger partial charge in [0.05, 0.1) is 12.5 Å². The first-order valence-electron chi connectivity index (χ1n) is 6.54. The normalized spacial score (nSPS) is 21.4. The van der Waals surface area contributed by atoms with E-state index in [1.165, 1.54) is 24.0 Å². The van der Waals surface area contributed by atoms with Gasteiger partial charge in [-0.3, -0.25) is 0 Å². The molecule has 1 fully saturated rings. The number of nitrogens with zero attached hydrogens (tertiary/aromatic N) is 2. The summed E-state index contributed by atoms with van der Waals surface area (Å²) in [6, 6.07) is 9.14. The molecule has 1 aromatic heterocycles. The Labute approximate surface area is 105 Å². The van der Waals surface area contributed by atoms with Gasteiger partial charge in [0.15, 0.2) is 5.82 Å². The summed E-state index contributed by atoms with van der Waals surface area (Å²) in [6.45, 7) is 0.700. The van der Waals surface area contributed by atoms with Crippen LogP contribution < -0.4 is 5.32 Å². The van der Waals surface area contributed by atoms with Crippen LogP contribution in [0.25, 0.3) is 0 Å². The fourth-order valence-electron chi connectivity index (χ4n) is 2.49. The number of rotatable bonds is 4. The second kappa shape index (κ2) is 3.92. The van der Waals surface area contributed by atoms with Crippen molar-refractivity contribution in [1.29, 1.82) is 0 Å². The molecule has 1 heterocycles.